The highest BCUT2D eigenvalue weighted by Crippen LogP contribution is 2.37. The number of aryl methyl sites for hydroxylation is 2. The molecule has 0 aliphatic rings. The minimum absolute atomic E-state index is 0.00891. The monoisotopic (exact) mass is 543 g/mol. The third-order valence-electron chi connectivity index (χ3n) is 5.95. The number of benzene rings is 3. The van der Waals surface area contributed by atoms with Gasteiger partial charge in [0.05, 0.1) is 26.6 Å². The Bertz CT molecular complexity index is 1690. The summed E-state index contributed by atoms with van der Waals surface area (Å²) in [5.41, 5.74) is 3.50. The van der Waals surface area contributed by atoms with Crippen LogP contribution in [0.15, 0.2) is 87.4 Å². The first kappa shape index (κ1) is 25.4. The number of carbonyl (C=O) groups excluding carboxylic acids is 2. The third kappa shape index (κ3) is 4.96. The van der Waals surface area contributed by atoms with Crippen molar-refractivity contribution in [3.05, 3.63) is 105 Å². The van der Waals surface area contributed by atoms with E-state index in [1.807, 2.05) is 78.5 Å². The van der Waals surface area contributed by atoms with Gasteiger partial charge in [0.15, 0.2) is 10.9 Å². The summed E-state index contributed by atoms with van der Waals surface area (Å²) in [5, 5.41) is 14.3. The van der Waals surface area contributed by atoms with Gasteiger partial charge in [-0.3, -0.25) is 14.9 Å². The Hall–Kier alpha value is -4.28. The number of esters is 1. The van der Waals surface area contributed by atoms with E-state index in [2.05, 4.69) is 4.98 Å². The highest BCUT2D eigenvalue weighted by atomic mass is 32.2. The average molecular weight is 544 g/mol. The highest BCUT2D eigenvalue weighted by Gasteiger charge is 2.24. The summed E-state index contributed by atoms with van der Waals surface area (Å²) in [5.74, 6) is -1.18. The minimum Gasteiger partial charge on any atom is -0.454 e. The van der Waals surface area contributed by atoms with Crippen molar-refractivity contribution in [2.75, 3.05) is 6.61 Å². The van der Waals surface area contributed by atoms with E-state index >= 15 is 0 Å². The second-order valence-electron chi connectivity index (χ2n) is 8.46. The van der Waals surface area contributed by atoms with Gasteiger partial charge in [0, 0.05) is 35.1 Å². The summed E-state index contributed by atoms with van der Waals surface area (Å²) in [4.78, 5) is 42.1. The molecule has 0 aliphatic heterocycles. The Kier molecular flexibility index (Phi) is 7.08. The van der Waals surface area contributed by atoms with E-state index in [4.69, 9.17) is 4.74 Å². The predicted molar refractivity (Wildman–Crippen MR) is 147 cm³/mol. The van der Waals surface area contributed by atoms with Crippen molar-refractivity contribution in [1.82, 2.24) is 9.55 Å². The lowest BCUT2D eigenvalue weighted by atomic mass is 10.0. The smallest absolute Gasteiger partial charge is 0.338 e. The van der Waals surface area contributed by atoms with Gasteiger partial charge in [0.2, 0.25) is 5.78 Å². The van der Waals surface area contributed by atoms with Gasteiger partial charge in [0.1, 0.15) is 0 Å². The molecule has 0 radical (unpaired) electrons. The number of rotatable bonds is 8. The van der Waals surface area contributed by atoms with Crippen molar-refractivity contribution >= 4 is 51.4 Å². The number of thiazole rings is 1. The van der Waals surface area contributed by atoms with Crippen LogP contribution in [0.5, 0.6) is 0 Å². The maximum atomic E-state index is 13.4. The summed E-state index contributed by atoms with van der Waals surface area (Å²) < 4.78 is 7.96. The van der Waals surface area contributed by atoms with Gasteiger partial charge in [-0.1, -0.05) is 60.3 Å². The zero-order chi connectivity index (χ0) is 26.8. The third-order valence-corrected chi connectivity index (χ3v) is 8.08. The van der Waals surface area contributed by atoms with Crippen molar-refractivity contribution in [1.29, 1.82) is 0 Å². The molecule has 5 rings (SSSR count). The molecular formula is C28H21N3O5S2. The van der Waals surface area contributed by atoms with E-state index in [9.17, 15) is 19.7 Å². The van der Waals surface area contributed by atoms with Crippen LogP contribution in [0.2, 0.25) is 0 Å². The summed E-state index contributed by atoms with van der Waals surface area (Å²) in [6.07, 6.45) is 0. The number of fused-ring (bicyclic) bond motifs is 1. The van der Waals surface area contributed by atoms with Crippen molar-refractivity contribution in [2.45, 2.75) is 16.2 Å². The van der Waals surface area contributed by atoms with Crippen LogP contribution in [0.25, 0.3) is 22.2 Å². The van der Waals surface area contributed by atoms with Crippen molar-refractivity contribution in [2.24, 2.45) is 7.05 Å². The molecule has 0 saturated carbocycles. The Morgan fingerprint density at radius 3 is 2.53 bits per heavy atom. The van der Waals surface area contributed by atoms with E-state index in [0.29, 0.717) is 14.8 Å². The molecule has 10 heteroatoms. The van der Waals surface area contributed by atoms with Crippen molar-refractivity contribution < 1.29 is 19.2 Å². The fourth-order valence-electron chi connectivity index (χ4n) is 4.24. The molecule has 2 heterocycles. The molecule has 190 valence electrons. The molecule has 0 atom stereocenters. The summed E-state index contributed by atoms with van der Waals surface area (Å²) in [7, 11) is 1.89. The fraction of sp³-hybridized carbons (Fsp3) is 0.107. The van der Waals surface area contributed by atoms with Crippen LogP contribution in [0.1, 0.15) is 26.4 Å². The van der Waals surface area contributed by atoms with Gasteiger partial charge in [0.25, 0.3) is 5.69 Å². The van der Waals surface area contributed by atoms with Crippen LogP contribution in [-0.4, -0.2) is 32.8 Å². The van der Waals surface area contributed by atoms with E-state index in [-0.39, 0.29) is 17.0 Å². The summed E-state index contributed by atoms with van der Waals surface area (Å²) >= 11 is 2.54. The standard InChI is InChI=1S/C28H21N3O5S2/c1-17-16-37-28(29-17)38-24-13-12-19(14-22(24)31(34)35)27(33)36-15-23(32)25-20-10-6-7-11-21(20)30(2)26(25)18-8-4-3-5-9-18/h3-14,16H,15H2,1-2H3. The van der Waals surface area contributed by atoms with Crippen LogP contribution in [0, 0.1) is 17.0 Å². The first-order valence-electron chi connectivity index (χ1n) is 11.5. The van der Waals surface area contributed by atoms with Gasteiger partial charge in [-0.25, -0.2) is 9.78 Å². The summed E-state index contributed by atoms with van der Waals surface area (Å²) in [6.45, 7) is 1.34. The molecule has 5 aromatic rings. The molecule has 0 amide bonds. The van der Waals surface area contributed by atoms with Crippen molar-refractivity contribution in [3.8, 4) is 11.3 Å². The molecule has 0 N–H and O–H groups in total. The number of hydrogen-bond donors (Lipinski definition) is 0. The van der Waals surface area contributed by atoms with Crippen LogP contribution >= 0.6 is 23.1 Å². The molecule has 0 bridgehead atoms. The second-order valence-corrected chi connectivity index (χ2v) is 10.6. The zero-order valence-electron chi connectivity index (χ0n) is 20.4. The zero-order valence-corrected chi connectivity index (χ0v) is 22.0. The molecular weight excluding hydrogens is 522 g/mol. The van der Waals surface area contributed by atoms with E-state index in [1.165, 1.54) is 29.5 Å². The number of hydrogen-bond acceptors (Lipinski definition) is 8. The molecule has 0 spiro atoms. The van der Waals surface area contributed by atoms with Gasteiger partial charge in [-0.15, -0.1) is 11.3 Å². The van der Waals surface area contributed by atoms with Gasteiger partial charge in [-0.2, -0.15) is 0 Å². The Morgan fingerprint density at radius 1 is 1.08 bits per heavy atom. The largest absolute Gasteiger partial charge is 0.454 e. The van der Waals surface area contributed by atoms with Crippen LogP contribution < -0.4 is 0 Å². The molecule has 2 aromatic heterocycles. The fourth-order valence-corrected chi connectivity index (χ4v) is 6.12. The predicted octanol–water partition coefficient (Wildman–Crippen LogP) is 6.71. The summed E-state index contributed by atoms with van der Waals surface area (Å²) in [6, 6.07) is 21.2. The molecule has 8 nitrogen and oxygen atoms in total. The highest BCUT2D eigenvalue weighted by molar-refractivity contribution is 8.01. The minimum atomic E-state index is -0.815. The molecule has 0 saturated heterocycles. The topological polar surface area (TPSA) is 104 Å². The molecule has 0 aliphatic carbocycles. The number of carbonyl (C=O) groups is 2. The average Bonchev–Trinajstić information content (AvgIpc) is 3.47. The lowest BCUT2D eigenvalue weighted by molar-refractivity contribution is -0.387. The first-order chi connectivity index (χ1) is 18.3. The van der Waals surface area contributed by atoms with Gasteiger partial charge in [-0.05, 0) is 30.7 Å². The maximum Gasteiger partial charge on any atom is 0.338 e. The number of nitro benzene ring substituents is 1. The number of ketones is 1. The van der Waals surface area contributed by atoms with E-state index < -0.39 is 17.5 Å². The first-order valence-corrected chi connectivity index (χ1v) is 13.2. The number of nitrogens with zero attached hydrogens (tertiary/aromatic N) is 3. The lowest BCUT2D eigenvalue weighted by Crippen LogP contribution is -2.15. The maximum absolute atomic E-state index is 13.4. The Morgan fingerprint density at radius 2 is 1.82 bits per heavy atom. The SMILES string of the molecule is Cc1csc(Sc2ccc(C(=O)OCC(=O)c3c(-c4ccccc4)n(C)c4ccccc34)cc2[N+](=O)[O-])n1. The van der Waals surface area contributed by atoms with Gasteiger partial charge >= 0.3 is 5.97 Å². The normalized spacial score (nSPS) is 11.0. The quantitative estimate of drug-likeness (QED) is 0.0927. The molecule has 3 aromatic carbocycles. The number of aromatic nitrogens is 2. The number of ether oxygens (including phenoxy) is 1. The molecule has 0 fully saturated rings. The number of para-hydroxylation sites is 1. The van der Waals surface area contributed by atoms with Gasteiger partial charge < -0.3 is 9.30 Å². The Labute approximate surface area is 226 Å². The van der Waals surface area contributed by atoms with Crippen molar-refractivity contribution in [3.63, 3.8) is 0 Å². The molecule has 38 heavy (non-hydrogen) atoms. The number of Topliss-reactive ketones (excluding diaryl/α,β-unsaturated/α-hetero) is 1. The molecule has 0 unspecified atom stereocenters. The van der Waals surface area contributed by atoms with Crippen LogP contribution in [-0.2, 0) is 11.8 Å². The van der Waals surface area contributed by atoms with E-state index in [0.717, 1.165) is 39.6 Å². The second kappa shape index (κ2) is 10.6. The van der Waals surface area contributed by atoms with Crippen LogP contribution in [0.4, 0.5) is 5.69 Å². The Balaban J connectivity index is 1.40. The van der Waals surface area contributed by atoms with E-state index in [1.54, 1.807) is 0 Å². The lowest BCUT2D eigenvalue weighted by Gasteiger charge is -2.09. The van der Waals surface area contributed by atoms with Crippen LogP contribution in [0.3, 0.4) is 0 Å². The number of nitro groups is 1.